The maximum Gasteiger partial charge on any atom is 0.256 e. The van der Waals surface area contributed by atoms with E-state index in [1.165, 1.54) is 0 Å². The molecule has 0 bridgehead atoms. The lowest BCUT2D eigenvalue weighted by molar-refractivity contribution is 0.102. The lowest BCUT2D eigenvalue weighted by Crippen LogP contribution is -2.13. The fraction of sp³-hybridized carbons (Fsp3) is 0.0345. The SMILES string of the molecule is COc1ccc(-c2cnc(-c3ccccc3C(=O)Nc3ccccc3Sc3ccccc3)o2)cc1. The van der Waals surface area contributed by atoms with Gasteiger partial charge >= 0.3 is 0 Å². The molecular formula is C29H22N2O3S. The van der Waals surface area contributed by atoms with Gasteiger partial charge in [-0.15, -0.1) is 0 Å². The van der Waals surface area contributed by atoms with Crippen molar-refractivity contribution in [2.75, 3.05) is 12.4 Å². The fourth-order valence-electron chi connectivity index (χ4n) is 3.62. The maximum absolute atomic E-state index is 13.4. The Hall–Kier alpha value is -4.29. The molecule has 0 saturated carbocycles. The van der Waals surface area contributed by atoms with E-state index in [-0.39, 0.29) is 5.91 Å². The first-order chi connectivity index (χ1) is 17.2. The monoisotopic (exact) mass is 478 g/mol. The number of carbonyl (C=O) groups excluding carboxylic acids is 1. The lowest BCUT2D eigenvalue weighted by Gasteiger charge is -2.12. The minimum atomic E-state index is -0.231. The number of para-hydroxylation sites is 1. The molecule has 0 aliphatic carbocycles. The molecule has 0 aliphatic heterocycles. The van der Waals surface area contributed by atoms with Gasteiger partial charge in [0.2, 0.25) is 5.89 Å². The van der Waals surface area contributed by atoms with E-state index in [9.17, 15) is 4.79 Å². The van der Waals surface area contributed by atoms with Crippen LogP contribution in [-0.2, 0) is 0 Å². The number of methoxy groups -OCH3 is 1. The van der Waals surface area contributed by atoms with E-state index in [4.69, 9.17) is 9.15 Å². The second-order valence-electron chi connectivity index (χ2n) is 7.67. The number of hydrogen-bond acceptors (Lipinski definition) is 5. The number of anilines is 1. The number of hydrogen-bond donors (Lipinski definition) is 1. The molecule has 0 saturated heterocycles. The van der Waals surface area contributed by atoms with E-state index < -0.39 is 0 Å². The van der Waals surface area contributed by atoms with Gasteiger partial charge in [-0.3, -0.25) is 4.79 Å². The number of rotatable bonds is 7. The van der Waals surface area contributed by atoms with Crippen LogP contribution >= 0.6 is 11.8 Å². The Balaban J connectivity index is 1.40. The highest BCUT2D eigenvalue weighted by Gasteiger charge is 2.18. The number of oxazole rings is 1. The summed E-state index contributed by atoms with van der Waals surface area (Å²) in [4.78, 5) is 19.9. The highest BCUT2D eigenvalue weighted by molar-refractivity contribution is 7.99. The molecule has 0 spiro atoms. The van der Waals surface area contributed by atoms with Crippen molar-refractivity contribution < 1.29 is 13.9 Å². The normalized spacial score (nSPS) is 10.7. The third-order valence-corrected chi connectivity index (χ3v) is 6.47. The molecule has 0 atom stereocenters. The molecule has 35 heavy (non-hydrogen) atoms. The van der Waals surface area contributed by atoms with Crippen LogP contribution in [0.15, 0.2) is 124 Å². The average Bonchev–Trinajstić information content (AvgIpc) is 3.41. The van der Waals surface area contributed by atoms with Crippen molar-refractivity contribution in [2.45, 2.75) is 9.79 Å². The maximum atomic E-state index is 13.4. The van der Waals surface area contributed by atoms with Gasteiger partial charge in [-0.05, 0) is 60.7 Å². The van der Waals surface area contributed by atoms with Crippen LogP contribution in [-0.4, -0.2) is 18.0 Å². The number of nitrogens with zero attached hydrogens (tertiary/aromatic N) is 1. The summed E-state index contributed by atoms with van der Waals surface area (Å²) < 4.78 is 11.3. The van der Waals surface area contributed by atoms with E-state index in [0.717, 1.165) is 26.8 Å². The van der Waals surface area contributed by atoms with Gasteiger partial charge in [0.25, 0.3) is 5.91 Å². The highest BCUT2D eigenvalue weighted by atomic mass is 32.2. The van der Waals surface area contributed by atoms with E-state index in [1.807, 2.05) is 97.1 Å². The van der Waals surface area contributed by atoms with Crippen molar-refractivity contribution in [2.24, 2.45) is 0 Å². The molecule has 0 fully saturated rings. The van der Waals surface area contributed by atoms with Crippen molar-refractivity contribution >= 4 is 23.4 Å². The smallest absolute Gasteiger partial charge is 0.256 e. The number of benzene rings is 4. The van der Waals surface area contributed by atoms with E-state index in [2.05, 4.69) is 10.3 Å². The Bertz CT molecular complexity index is 1450. The molecule has 5 rings (SSSR count). The summed E-state index contributed by atoms with van der Waals surface area (Å²) in [5.74, 6) is 1.53. The van der Waals surface area contributed by atoms with E-state index in [0.29, 0.717) is 22.8 Å². The molecule has 172 valence electrons. The average molecular weight is 479 g/mol. The Morgan fingerprint density at radius 2 is 1.57 bits per heavy atom. The summed E-state index contributed by atoms with van der Waals surface area (Å²) in [6.45, 7) is 0. The Morgan fingerprint density at radius 1 is 0.857 bits per heavy atom. The van der Waals surface area contributed by atoms with E-state index >= 15 is 0 Å². The van der Waals surface area contributed by atoms with E-state index in [1.54, 1.807) is 31.1 Å². The van der Waals surface area contributed by atoms with Crippen LogP contribution in [0.5, 0.6) is 5.75 Å². The molecule has 1 heterocycles. The highest BCUT2D eigenvalue weighted by Crippen LogP contribution is 2.34. The summed E-state index contributed by atoms with van der Waals surface area (Å²) in [5, 5.41) is 3.07. The Labute approximate surface area is 207 Å². The topological polar surface area (TPSA) is 64.4 Å². The van der Waals surface area contributed by atoms with Crippen LogP contribution in [0.1, 0.15) is 10.4 Å². The fourth-order valence-corrected chi connectivity index (χ4v) is 4.54. The molecule has 1 amide bonds. The first-order valence-corrected chi connectivity index (χ1v) is 11.9. The number of amides is 1. The van der Waals surface area contributed by atoms with Gasteiger partial charge < -0.3 is 14.5 Å². The number of aromatic nitrogens is 1. The van der Waals surface area contributed by atoms with Crippen LogP contribution in [0.3, 0.4) is 0 Å². The van der Waals surface area contributed by atoms with Gasteiger partial charge in [0.05, 0.1) is 24.6 Å². The predicted molar refractivity (Wildman–Crippen MR) is 139 cm³/mol. The van der Waals surface area contributed by atoms with Gasteiger partial charge in [-0.1, -0.05) is 54.2 Å². The molecule has 0 aliphatic rings. The summed E-state index contributed by atoms with van der Waals surface area (Å²) >= 11 is 1.60. The van der Waals surface area contributed by atoms with Gasteiger partial charge in [-0.25, -0.2) is 4.98 Å². The van der Waals surface area contributed by atoms with Crippen molar-refractivity contribution in [3.8, 4) is 28.5 Å². The van der Waals surface area contributed by atoms with Gasteiger partial charge in [0, 0.05) is 20.9 Å². The van der Waals surface area contributed by atoms with Crippen LogP contribution in [0.2, 0.25) is 0 Å². The molecule has 6 heteroatoms. The first kappa shape index (κ1) is 22.5. The molecule has 1 aromatic heterocycles. The molecule has 1 N–H and O–H groups in total. The van der Waals surface area contributed by atoms with Crippen molar-refractivity contribution in [3.05, 3.63) is 115 Å². The minimum absolute atomic E-state index is 0.231. The quantitative estimate of drug-likeness (QED) is 0.264. The lowest BCUT2D eigenvalue weighted by atomic mass is 10.1. The van der Waals surface area contributed by atoms with Crippen LogP contribution in [0.4, 0.5) is 5.69 Å². The third-order valence-electron chi connectivity index (χ3n) is 5.39. The third kappa shape index (κ3) is 5.13. The minimum Gasteiger partial charge on any atom is -0.497 e. The van der Waals surface area contributed by atoms with Crippen LogP contribution in [0, 0.1) is 0 Å². The largest absolute Gasteiger partial charge is 0.497 e. The van der Waals surface area contributed by atoms with Crippen LogP contribution < -0.4 is 10.1 Å². The zero-order chi connectivity index (χ0) is 24.0. The first-order valence-electron chi connectivity index (χ1n) is 11.0. The second kappa shape index (κ2) is 10.3. The molecular weight excluding hydrogens is 456 g/mol. The molecule has 5 nitrogen and oxygen atoms in total. The number of ether oxygens (including phenoxy) is 1. The molecule has 0 radical (unpaired) electrons. The zero-order valence-corrected chi connectivity index (χ0v) is 19.8. The molecule has 4 aromatic carbocycles. The Morgan fingerprint density at radius 3 is 2.37 bits per heavy atom. The van der Waals surface area contributed by atoms with Crippen molar-refractivity contribution in [1.82, 2.24) is 4.98 Å². The summed E-state index contributed by atoms with van der Waals surface area (Å²) in [7, 11) is 1.63. The number of carbonyl (C=O) groups is 1. The number of nitrogens with one attached hydrogen (secondary N) is 1. The zero-order valence-electron chi connectivity index (χ0n) is 19.0. The van der Waals surface area contributed by atoms with Crippen molar-refractivity contribution in [1.29, 1.82) is 0 Å². The summed E-state index contributed by atoms with van der Waals surface area (Å²) in [5.41, 5.74) is 2.72. The van der Waals surface area contributed by atoms with Gasteiger partial charge in [-0.2, -0.15) is 0 Å². The Kier molecular flexibility index (Phi) is 6.63. The van der Waals surface area contributed by atoms with Crippen molar-refractivity contribution in [3.63, 3.8) is 0 Å². The predicted octanol–water partition coefficient (Wildman–Crippen LogP) is 7.42. The summed E-state index contributed by atoms with van der Waals surface area (Å²) in [6, 6.07) is 32.7. The molecule has 0 unspecified atom stereocenters. The summed E-state index contributed by atoms with van der Waals surface area (Å²) in [6.07, 6.45) is 1.66. The molecule has 5 aromatic rings. The van der Waals surface area contributed by atoms with Gasteiger partial charge in [0.15, 0.2) is 5.76 Å². The van der Waals surface area contributed by atoms with Gasteiger partial charge in [0.1, 0.15) is 5.75 Å². The standard InChI is InChI=1S/C29H22N2O3S/c1-33-21-17-15-20(16-18-21)26-19-30-29(34-26)24-12-6-5-11-23(24)28(32)31-25-13-7-8-14-27(25)35-22-9-3-2-4-10-22/h2-19H,1H3,(H,31,32). The second-order valence-corrected chi connectivity index (χ2v) is 8.78. The van der Waals surface area contributed by atoms with Crippen LogP contribution in [0.25, 0.3) is 22.8 Å².